The third kappa shape index (κ3) is 10.2. The van der Waals surface area contributed by atoms with E-state index >= 15 is 0 Å². The van der Waals surface area contributed by atoms with E-state index in [0.29, 0.717) is 0 Å². The summed E-state index contributed by atoms with van der Waals surface area (Å²) in [4.78, 5) is 10.3. The number of rotatable bonds is 3. The third-order valence-electron chi connectivity index (χ3n) is 1.48. The Morgan fingerprint density at radius 3 is 2.08 bits per heavy atom. The number of aliphatic carboxylic acids is 1. The monoisotopic (exact) mass is 265 g/mol. The van der Waals surface area contributed by atoms with Crippen LogP contribution >= 0.6 is 0 Å². The number of carboxylic acid groups (broad SMARTS) is 1. The van der Waals surface area contributed by atoms with Crippen molar-refractivity contribution < 1.29 is 32.3 Å². The third-order valence-corrected chi connectivity index (χ3v) is 1.48. The molecule has 1 atom stereocenters. The number of carboxylic acids is 1. The predicted molar refractivity (Wildman–Crippen MR) is 45.5 cm³/mol. The Morgan fingerprint density at radius 2 is 1.83 bits per heavy atom. The zero-order chi connectivity index (χ0) is 9.07. The maximum atomic E-state index is 10.3. The Balaban J connectivity index is 0. The largest absolute Gasteiger partial charge is 0.481 e. The van der Waals surface area contributed by atoms with Gasteiger partial charge < -0.3 is 5.11 Å². The summed E-state index contributed by atoms with van der Waals surface area (Å²) in [5.41, 5.74) is 0.245. The van der Waals surface area contributed by atoms with Crippen LogP contribution in [-0.4, -0.2) is 11.1 Å². The number of hydrogen-bond donors (Lipinski definition) is 1. The molecule has 0 saturated carbocycles. The maximum absolute atomic E-state index is 10.3. The molecule has 0 aromatic carbocycles. The smallest absolute Gasteiger partial charge is 0.303 e. The fraction of sp³-hybridized carbons (Fsp3) is 0.889. The van der Waals surface area contributed by atoms with Crippen LogP contribution in [0.5, 0.6) is 0 Å². The fourth-order valence-corrected chi connectivity index (χ4v) is 1.42. The Hall–Kier alpha value is 0.210. The second-order valence-electron chi connectivity index (χ2n) is 4.47. The molecule has 1 unspecified atom stereocenters. The van der Waals surface area contributed by atoms with E-state index in [-0.39, 0.29) is 40.1 Å². The SMILES string of the molecule is CC(CC(=O)O)CC(C)(C)C.[Ag]. The van der Waals surface area contributed by atoms with Crippen LogP contribution in [-0.2, 0) is 27.2 Å². The Kier molecular flexibility index (Phi) is 7.10. The second-order valence-corrected chi connectivity index (χ2v) is 4.47. The molecule has 77 valence electrons. The molecule has 0 aromatic rings. The van der Waals surface area contributed by atoms with E-state index in [1.54, 1.807) is 0 Å². The molecule has 1 radical (unpaired) electrons. The number of carbonyl (C=O) groups is 1. The molecule has 1 N–H and O–H groups in total. The standard InChI is InChI=1S/C9H18O2.Ag/c1-7(5-8(10)11)6-9(2,3)4;/h7H,5-6H2,1-4H3,(H,10,11);. The molecular weight excluding hydrogens is 248 g/mol. The summed E-state index contributed by atoms with van der Waals surface area (Å²) in [5.74, 6) is -0.408. The fourth-order valence-electron chi connectivity index (χ4n) is 1.42. The van der Waals surface area contributed by atoms with Gasteiger partial charge in [0.2, 0.25) is 0 Å². The van der Waals surface area contributed by atoms with E-state index in [0.717, 1.165) is 6.42 Å². The van der Waals surface area contributed by atoms with Gasteiger partial charge in [-0.3, -0.25) is 4.79 Å². The minimum absolute atomic E-state index is 0. The van der Waals surface area contributed by atoms with Gasteiger partial charge in [-0.05, 0) is 17.8 Å². The first kappa shape index (κ1) is 14.7. The zero-order valence-electron chi connectivity index (χ0n) is 8.15. The summed E-state index contributed by atoms with van der Waals surface area (Å²) < 4.78 is 0. The van der Waals surface area contributed by atoms with Crippen molar-refractivity contribution in [2.45, 2.75) is 40.5 Å². The molecule has 12 heavy (non-hydrogen) atoms. The van der Waals surface area contributed by atoms with Gasteiger partial charge in [0.1, 0.15) is 0 Å². The van der Waals surface area contributed by atoms with Crippen molar-refractivity contribution in [3.05, 3.63) is 0 Å². The van der Waals surface area contributed by atoms with Crippen molar-refractivity contribution in [3.63, 3.8) is 0 Å². The molecule has 0 bridgehead atoms. The molecule has 0 fully saturated rings. The van der Waals surface area contributed by atoms with Crippen molar-refractivity contribution >= 4 is 5.97 Å². The summed E-state index contributed by atoms with van der Waals surface area (Å²) in [7, 11) is 0. The average Bonchev–Trinajstić information content (AvgIpc) is 1.53. The summed E-state index contributed by atoms with van der Waals surface area (Å²) in [6.45, 7) is 8.38. The molecule has 3 heteroatoms. The van der Waals surface area contributed by atoms with Gasteiger partial charge in [-0.1, -0.05) is 27.7 Å². The topological polar surface area (TPSA) is 37.3 Å². The van der Waals surface area contributed by atoms with Gasteiger partial charge in [-0.25, -0.2) is 0 Å². The normalized spacial score (nSPS) is 13.3. The van der Waals surface area contributed by atoms with Crippen molar-refractivity contribution in [2.75, 3.05) is 0 Å². The van der Waals surface area contributed by atoms with Gasteiger partial charge in [0.25, 0.3) is 0 Å². The van der Waals surface area contributed by atoms with Crippen LogP contribution in [0, 0.1) is 11.3 Å². The average molecular weight is 266 g/mol. The van der Waals surface area contributed by atoms with Crippen molar-refractivity contribution in [1.29, 1.82) is 0 Å². The van der Waals surface area contributed by atoms with Gasteiger partial charge >= 0.3 is 5.97 Å². The molecule has 0 aliphatic heterocycles. The minimum atomic E-state index is -0.693. The first-order valence-corrected chi connectivity index (χ1v) is 4.03. The van der Waals surface area contributed by atoms with E-state index in [1.165, 1.54) is 0 Å². The van der Waals surface area contributed by atoms with Gasteiger partial charge in [0.15, 0.2) is 0 Å². The molecule has 0 rings (SSSR count). The Morgan fingerprint density at radius 1 is 1.42 bits per heavy atom. The predicted octanol–water partition coefficient (Wildman–Crippen LogP) is 2.53. The first-order valence-electron chi connectivity index (χ1n) is 4.03. The van der Waals surface area contributed by atoms with Crippen LogP contribution in [0.25, 0.3) is 0 Å². The van der Waals surface area contributed by atoms with Crippen LogP contribution in [0.15, 0.2) is 0 Å². The molecule has 0 saturated heterocycles. The zero-order valence-corrected chi connectivity index (χ0v) is 9.63. The quantitative estimate of drug-likeness (QED) is 0.797. The molecular formula is C9H18AgO2. The molecule has 0 heterocycles. The Bertz CT molecular complexity index is 138. The summed E-state index contributed by atoms with van der Waals surface area (Å²) >= 11 is 0. The summed E-state index contributed by atoms with van der Waals surface area (Å²) in [6, 6.07) is 0. The molecule has 0 aromatic heterocycles. The Labute approximate surface area is 90.2 Å². The molecule has 0 amide bonds. The van der Waals surface area contributed by atoms with Crippen molar-refractivity contribution in [1.82, 2.24) is 0 Å². The first-order chi connectivity index (χ1) is 4.81. The molecule has 0 spiro atoms. The summed E-state index contributed by atoms with van der Waals surface area (Å²) in [5, 5.41) is 8.48. The molecule has 2 nitrogen and oxygen atoms in total. The molecule has 0 aliphatic rings. The maximum Gasteiger partial charge on any atom is 0.303 e. The van der Waals surface area contributed by atoms with Gasteiger partial charge in [-0.15, -0.1) is 0 Å². The van der Waals surface area contributed by atoms with Gasteiger partial charge in [0, 0.05) is 28.8 Å². The van der Waals surface area contributed by atoms with Gasteiger partial charge in [0.05, 0.1) is 0 Å². The van der Waals surface area contributed by atoms with Crippen LogP contribution < -0.4 is 0 Å². The van der Waals surface area contributed by atoms with E-state index in [1.807, 2.05) is 6.92 Å². The van der Waals surface area contributed by atoms with Crippen LogP contribution in [0.1, 0.15) is 40.5 Å². The van der Waals surface area contributed by atoms with Crippen LogP contribution in [0.4, 0.5) is 0 Å². The van der Waals surface area contributed by atoms with E-state index in [2.05, 4.69) is 20.8 Å². The van der Waals surface area contributed by atoms with E-state index in [9.17, 15) is 4.79 Å². The second kappa shape index (κ2) is 5.79. The van der Waals surface area contributed by atoms with E-state index in [4.69, 9.17) is 5.11 Å². The summed E-state index contributed by atoms with van der Waals surface area (Å²) in [6.07, 6.45) is 1.26. The molecule has 0 aliphatic carbocycles. The number of hydrogen-bond acceptors (Lipinski definition) is 1. The van der Waals surface area contributed by atoms with Crippen molar-refractivity contribution in [2.24, 2.45) is 11.3 Å². The van der Waals surface area contributed by atoms with Crippen LogP contribution in [0.2, 0.25) is 0 Å². The minimum Gasteiger partial charge on any atom is -0.481 e. The van der Waals surface area contributed by atoms with Crippen LogP contribution in [0.3, 0.4) is 0 Å². The van der Waals surface area contributed by atoms with Gasteiger partial charge in [-0.2, -0.15) is 0 Å². The van der Waals surface area contributed by atoms with E-state index < -0.39 is 5.97 Å². The van der Waals surface area contributed by atoms with Crippen molar-refractivity contribution in [3.8, 4) is 0 Å².